The van der Waals surface area contributed by atoms with Crippen molar-refractivity contribution in [1.29, 1.82) is 0 Å². The predicted molar refractivity (Wildman–Crippen MR) is 89.8 cm³/mol. The normalized spacial score (nSPS) is 13.2. The lowest BCUT2D eigenvalue weighted by atomic mass is 10.00. The maximum absolute atomic E-state index is 12.3. The van der Waals surface area contributed by atoms with Crippen LogP contribution in [0, 0.1) is 0 Å². The van der Waals surface area contributed by atoms with Gasteiger partial charge in [-0.15, -0.1) is 13.2 Å². The topological polar surface area (TPSA) is 47.6 Å². The van der Waals surface area contributed by atoms with Gasteiger partial charge in [-0.2, -0.15) is 0 Å². The first kappa shape index (κ1) is 17.6. The van der Waals surface area contributed by atoms with Gasteiger partial charge in [-0.3, -0.25) is 4.79 Å². The molecule has 0 radical (unpaired) electrons. The average molecular weight is 416 g/mol. The van der Waals surface area contributed by atoms with E-state index in [1.54, 1.807) is 6.07 Å². The summed E-state index contributed by atoms with van der Waals surface area (Å²) in [5.41, 5.74) is 2.85. The summed E-state index contributed by atoms with van der Waals surface area (Å²) in [6.45, 7) is 1.90. The Morgan fingerprint density at radius 1 is 1.28 bits per heavy atom. The third-order valence-electron chi connectivity index (χ3n) is 3.62. The van der Waals surface area contributed by atoms with Crippen LogP contribution >= 0.6 is 15.9 Å². The molecule has 0 spiro atoms. The monoisotopic (exact) mass is 415 g/mol. The fraction of sp³-hybridized carbons (Fsp3) is 0.235. The minimum atomic E-state index is -4.73. The summed E-state index contributed by atoms with van der Waals surface area (Å²) in [7, 11) is 0. The highest BCUT2D eigenvalue weighted by atomic mass is 79.9. The molecule has 0 bridgehead atoms. The Balaban J connectivity index is 2.02. The van der Waals surface area contributed by atoms with Crippen LogP contribution in [0.1, 0.15) is 12.5 Å². The summed E-state index contributed by atoms with van der Waals surface area (Å²) in [5, 5.41) is 2.74. The van der Waals surface area contributed by atoms with E-state index < -0.39 is 6.36 Å². The molecule has 8 heteroatoms. The quantitative estimate of drug-likeness (QED) is 0.774. The lowest BCUT2D eigenvalue weighted by molar-refractivity contribution is -0.274. The summed E-state index contributed by atoms with van der Waals surface area (Å²) < 4.78 is 47.1. The first-order valence-corrected chi connectivity index (χ1v) is 8.16. The van der Waals surface area contributed by atoms with Crippen molar-refractivity contribution in [2.24, 2.45) is 0 Å². The van der Waals surface area contributed by atoms with Crippen LogP contribution in [0.15, 0.2) is 34.8 Å². The van der Waals surface area contributed by atoms with Gasteiger partial charge in [-0.25, -0.2) is 0 Å². The van der Waals surface area contributed by atoms with E-state index in [9.17, 15) is 18.0 Å². The van der Waals surface area contributed by atoms with Gasteiger partial charge in [-0.05, 0) is 39.7 Å². The number of amides is 1. The molecule has 0 fully saturated rings. The Bertz CT molecular complexity index is 819. The molecule has 0 unspecified atom stereocenters. The number of carbonyl (C=O) groups is 1. The van der Waals surface area contributed by atoms with Crippen molar-refractivity contribution in [1.82, 2.24) is 0 Å². The zero-order valence-corrected chi connectivity index (χ0v) is 14.6. The number of nitrogens with one attached hydrogen (secondary N) is 1. The molecule has 0 aliphatic carbocycles. The standard InChI is InChI=1S/C17H13BrF3NO3/c1-9(23)22-14-8-13(16-12(15(14)18)6-7-24-16)10-2-4-11(5-3-10)25-17(19,20)21/h2-5,8H,6-7H2,1H3,(H,22,23). The van der Waals surface area contributed by atoms with Gasteiger partial charge in [0.05, 0.1) is 12.3 Å². The molecule has 1 aliphatic heterocycles. The van der Waals surface area contributed by atoms with Crippen LogP contribution in [-0.2, 0) is 11.2 Å². The Morgan fingerprint density at radius 2 is 1.96 bits per heavy atom. The fourth-order valence-electron chi connectivity index (χ4n) is 2.67. The van der Waals surface area contributed by atoms with Crippen molar-refractivity contribution in [3.63, 3.8) is 0 Å². The van der Waals surface area contributed by atoms with Gasteiger partial charge in [0, 0.05) is 28.9 Å². The second kappa shape index (κ2) is 6.59. The van der Waals surface area contributed by atoms with Crippen molar-refractivity contribution in [2.75, 3.05) is 11.9 Å². The van der Waals surface area contributed by atoms with E-state index in [0.29, 0.717) is 35.6 Å². The van der Waals surface area contributed by atoms with Crippen LogP contribution < -0.4 is 14.8 Å². The average Bonchev–Trinajstić information content (AvgIpc) is 2.99. The number of rotatable bonds is 3. The maximum Gasteiger partial charge on any atom is 0.573 e. The third-order valence-corrected chi connectivity index (χ3v) is 4.52. The highest BCUT2D eigenvalue weighted by molar-refractivity contribution is 9.10. The molecule has 25 heavy (non-hydrogen) atoms. The molecular weight excluding hydrogens is 403 g/mol. The van der Waals surface area contributed by atoms with Crippen molar-refractivity contribution < 1.29 is 27.4 Å². The summed E-state index contributed by atoms with van der Waals surface area (Å²) in [4.78, 5) is 11.4. The Morgan fingerprint density at radius 3 is 2.56 bits per heavy atom. The van der Waals surface area contributed by atoms with E-state index in [4.69, 9.17) is 4.74 Å². The molecule has 1 N–H and O–H groups in total. The number of hydrogen-bond acceptors (Lipinski definition) is 3. The lowest BCUT2D eigenvalue weighted by Gasteiger charge is -2.15. The van der Waals surface area contributed by atoms with E-state index in [-0.39, 0.29) is 11.7 Å². The fourth-order valence-corrected chi connectivity index (χ4v) is 3.26. The van der Waals surface area contributed by atoms with E-state index in [1.807, 2.05) is 0 Å². The molecule has 3 rings (SSSR count). The van der Waals surface area contributed by atoms with Crippen LogP contribution in [0.4, 0.5) is 18.9 Å². The van der Waals surface area contributed by atoms with Gasteiger partial charge in [-0.1, -0.05) is 12.1 Å². The Hall–Kier alpha value is -2.22. The summed E-state index contributed by atoms with van der Waals surface area (Å²) in [6.07, 6.45) is -4.06. The molecule has 1 aliphatic rings. The molecule has 2 aromatic rings. The molecule has 0 saturated heterocycles. The van der Waals surface area contributed by atoms with Gasteiger partial charge in [0.1, 0.15) is 11.5 Å². The molecule has 0 saturated carbocycles. The second-order valence-corrected chi connectivity index (χ2v) is 6.24. The number of ether oxygens (including phenoxy) is 2. The first-order chi connectivity index (χ1) is 11.7. The van der Waals surface area contributed by atoms with E-state index >= 15 is 0 Å². The van der Waals surface area contributed by atoms with Crippen LogP contribution in [0.5, 0.6) is 11.5 Å². The maximum atomic E-state index is 12.3. The summed E-state index contributed by atoms with van der Waals surface area (Å²) in [6, 6.07) is 7.25. The molecule has 1 heterocycles. The van der Waals surface area contributed by atoms with Gasteiger partial charge in [0.2, 0.25) is 5.91 Å². The van der Waals surface area contributed by atoms with Gasteiger partial charge in [0.25, 0.3) is 0 Å². The van der Waals surface area contributed by atoms with E-state index in [0.717, 1.165) is 10.0 Å². The number of halogens is 4. The van der Waals surface area contributed by atoms with Gasteiger partial charge in [0.15, 0.2) is 0 Å². The van der Waals surface area contributed by atoms with Crippen molar-refractivity contribution in [3.05, 3.63) is 40.4 Å². The third kappa shape index (κ3) is 3.89. The second-order valence-electron chi connectivity index (χ2n) is 5.45. The largest absolute Gasteiger partial charge is 0.573 e. The molecule has 4 nitrogen and oxygen atoms in total. The van der Waals surface area contributed by atoms with Gasteiger partial charge < -0.3 is 14.8 Å². The smallest absolute Gasteiger partial charge is 0.492 e. The minimum Gasteiger partial charge on any atom is -0.492 e. The zero-order valence-electron chi connectivity index (χ0n) is 13.0. The van der Waals surface area contributed by atoms with Crippen molar-refractivity contribution >= 4 is 27.5 Å². The molecule has 2 aromatic carbocycles. The predicted octanol–water partition coefficient (Wildman–Crippen LogP) is 4.91. The molecule has 1 amide bonds. The number of anilines is 1. The van der Waals surface area contributed by atoms with E-state index in [2.05, 4.69) is 26.0 Å². The highest BCUT2D eigenvalue weighted by Crippen LogP contribution is 2.45. The van der Waals surface area contributed by atoms with Crippen molar-refractivity contribution in [3.8, 4) is 22.6 Å². The molecule has 0 atom stereocenters. The van der Waals surface area contributed by atoms with Crippen LogP contribution in [0.3, 0.4) is 0 Å². The SMILES string of the molecule is CC(=O)Nc1cc(-c2ccc(OC(F)(F)F)cc2)c2c(c1Br)CCO2. The minimum absolute atomic E-state index is 0.223. The van der Waals surface area contributed by atoms with Crippen LogP contribution in [-0.4, -0.2) is 18.9 Å². The van der Waals surface area contributed by atoms with Crippen molar-refractivity contribution in [2.45, 2.75) is 19.7 Å². The van der Waals surface area contributed by atoms with E-state index in [1.165, 1.54) is 31.2 Å². The van der Waals surface area contributed by atoms with Crippen LogP contribution in [0.25, 0.3) is 11.1 Å². The number of fused-ring (bicyclic) bond motifs is 1. The highest BCUT2D eigenvalue weighted by Gasteiger charge is 2.31. The molecule has 0 aromatic heterocycles. The number of hydrogen-bond donors (Lipinski definition) is 1. The summed E-state index contributed by atoms with van der Waals surface area (Å²) >= 11 is 3.47. The molecular formula is C17H13BrF3NO3. The number of alkyl halides is 3. The number of carbonyl (C=O) groups excluding carboxylic acids is 1. The first-order valence-electron chi connectivity index (χ1n) is 7.36. The lowest BCUT2D eigenvalue weighted by Crippen LogP contribution is -2.16. The molecule has 132 valence electrons. The zero-order chi connectivity index (χ0) is 18.2. The van der Waals surface area contributed by atoms with Gasteiger partial charge >= 0.3 is 6.36 Å². The number of benzene rings is 2. The summed E-state index contributed by atoms with van der Waals surface area (Å²) in [5.74, 6) is 0.137. The Kier molecular flexibility index (Phi) is 4.64. The Labute approximate surface area is 150 Å². The van der Waals surface area contributed by atoms with Crippen LogP contribution in [0.2, 0.25) is 0 Å².